The number of rotatable bonds is 5. The summed E-state index contributed by atoms with van der Waals surface area (Å²) in [5.74, 6) is 0.701. The molecule has 0 spiro atoms. The van der Waals surface area contributed by atoms with Crippen molar-refractivity contribution in [2.75, 3.05) is 11.9 Å². The Balaban J connectivity index is 1.29. The monoisotopic (exact) mass is 438 g/mol. The van der Waals surface area contributed by atoms with Crippen LogP contribution in [0.3, 0.4) is 0 Å². The minimum absolute atomic E-state index is 0.0355. The van der Waals surface area contributed by atoms with Crippen molar-refractivity contribution >= 4 is 34.4 Å². The molecule has 1 saturated carbocycles. The van der Waals surface area contributed by atoms with Crippen LogP contribution in [0.5, 0.6) is 0 Å². The summed E-state index contributed by atoms with van der Waals surface area (Å²) in [6.45, 7) is 0.930. The van der Waals surface area contributed by atoms with Crippen LogP contribution >= 0.6 is 11.6 Å². The van der Waals surface area contributed by atoms with Gasteiger partial charge in [0.15, 0.2) is 0 Å². The van der Waals surface area contributed by atoms with Crippen molar-refractivity contribution in [3.63, 3.8) is 0 Å². The summed E-state index contributed by atoms with van der Waals surface area (Å²) in [5, 5.41) is 11.6. The van der Waals surface area contributed by atoms with E-state index in [-0.39, 0.29) is 24.0 Å². The molecule has 0 bridgehead atoms. The van der Waals surface area contributed by atoms with Crippen molar-refractivity contribution in [2.45, 2.75) is 56.7 Å². The third kappa shape index (κ3) is 4.38. The minimum atomic E-state index is -0.0355. The maximum absolute atomic E-state index is 12.5. The van der Waals surface area contributed by atoms with E-state index in [0.717, 1.165) is 61.5 Å². The number of hydrogen-bond acceptors (Lipinski definition) is 5. The van der Waals surface area contributed by atoms with Gasteiger partial charge in [-0.05, 0) is 51.1 Å². The van der Waals surface area contributed by atoms with Gasteiger partial charge in [-0.25, -0.2) is 9.97 Å². The zero-order valence-electron chi connectivity index (χ0n) is 17.3. The van der Waals surface area contributed by atoms with Crippen molar-refractivity contribution in [3.05, 3.63) is 41.7 Å². The average Bonchev–Trinajstić information content (AvgIpc) is 3.46. The second-order valence-corrected chi connectivity index (χ2v) is 8.91. The van der Waals surface area contributed by atoms with Crippen molar-refractivity contribution in [3.8, 4) is 11.3 Å². The van der Waals surface area contributed by atoms with Crippen molar-refractivity contribution in [1.82, 2.24) is 25.6 Å². The average molecular weight is 439 g/mol. The fourth-order valence-corrected chi connectivity index (χ4v) is 4.93. The second kappa shape index (κ2) is 8.85. The van der Waals surface area contributed by atoms with Gasteiger partial charge in [0.1, 0.15) is 0 Å². The molecule has 0 unspecified atom stereocenters. The molecule has 3 aromatic rings. The first kappa shape index (κ1) is 20.3. The Morgan fingerprint density at radius 1 is 1.13 bits per heavy atom. The molecule has 4 N–H and O–H groups in total. The molecule has 8 heteroatoms. The topological polar surface area (TPSA) is 94.7 Å². The van der Waals surface area contributed by atoms with Crippen LogP contribution in [0.15, 0.2) is 36.7 Å². The Kier molecular flexibility index (Phi) is 5.78. The molecule has 1 aliphatic carbocycles. The molecule has 0 radical (unpaired) electrons. The smallest absolute Gasteiger partial charge is 0.237 e. The highest BCUT2D eigenvalue weighted by Crippen LogP contribution is 2.32. The third-order valence-corrected chi connectivity index (χ3v) is 6.60. The van der Waals surface area contributed by atoms with Gasteiger partial charge >= 0.3 is 0 Å². The van der Waals surface area contributed by atoms with Gasteiger partial charge in [-0.15, -0.1) is 0 Å². The second-order valence-electron chi connectivity index (χ2n) is 8.50. The number of aromatic amines is 1. The van der Waals surface area contributed by atoms with E-state index in [4.69, 9.17) is 16.6 Å². The maximum Gasteiger partial charge on any atom is 0.237 e. The fraction of sp³-hybridized carbons (Fsp3) is 0.435. The molecule has 1 saturated heterocycles. The van der Waals surface area contributed by atoms with Crippen LogP contribution in [-0.4, -0.2) is 45.5 Å². The summed E-state index contributed by atoms with van der Waals surface area (Å²) in [5.41, 5.74) is 2.72. The fourth-order valence-electron chi connectivity index (χ4n) is 4.74. The first-order valence-electron chi connectivity index (χ1n) is 11.1. The summed E-state index contributed by atoms with van der Waals surface area (Å²) < 4.78 is 0. The van der Waals surface area contributed by atoms with Gasteiger partial charge < -0.3 is 20.9 Å². The predicted octanol–water partition coefficient (Wildman–Crippen LogP) is 3.87. The SMILES string of the molecule is O=C(N[C@H]1CCC[C@H](Nc2ncc(Cl)c(-c3c[nH]c4ccccc34)n2)C1)[C@@H]1CCCN1. The van der Waals surface area contributed by atoms with Crippen molar-refractivity contribution in [2.24, 2.45) is 0 Å². The van der Waals surface area contributed by atoms with E-state index in [9.17, 15) is 4.79 Å². The van der Waals surface area contributed by atoms with E-state index < -0.39 is 0 Å². The molecule has 1 aromatic carbocycles. The molecule has 2 aromatic heterocycles. The number of H-pyrrole nitrogens is 1. The van der Waals surface area contributed by atoms with Gasteiger partial charge in [0.25, 0.3) is 0 Å². The van der Waals surface area contributed by atoms with Gasteiger partial charge in [0.05, 0.1) is 23.0 Å². The van der Waals surface area contributed by atoms with Crippen LogP contribution in [-0.2, 0) is 4.79 Å². The van der Waals surface area contributed by atoms with Gasteiger partial charge in [0.2, 0.25) is 11.9 Å². The van der Waals surface area contributed by atoms with Gasteiger partial charge in [0, 0.05) is 34.7 Å². The molecular weight excluding hydrogens is 412 g/mol. The lowest BCUT2D eigenvalue weighted by Gasteiger charge is -2.31. The summed E-state index contributed by atoms with van der Waals surface area (Å²) in [4.78, 5) is 24.9. The number of hydrogen-bond donors (Lipinski definition) is 4. The third-order valence-electron chi connectivity index (χ3n) is 6.32. The van der Waals surface area contributed by atoms with Gasteiger partial charge in [-0.1, -0.05) is 29.8 Å². The van der Waals surface area contributed by atoms with Crippen LogP contribution in [0.1, 0.15) is 38.5 Å². The molecule has 7 nitrogen and oxygen atoms in total. The van der Waals surface area contributed by atoms with E-state index in [0.29, 0.717) is 16.7 Å². The quantitative estimate of drug-likeness (QED) is 0.485. The van der Waals surface area contributed by atoms with Crippen LogP contribution in [0.25, 0.3) is 22.2 Å². The zero-order chi connectivity index (χ0) is 21.2. The predicted molar refractivity (Wildman–Crippen MR) is 123 cm³/mol. The molecule has 3 heterocycles. The largest absolute Gasteiger partial charge is 0.360 e. The van der Waals surface area contributed by atoms with E-state index in [2.05, 4.69) is 32.0 Å². The number of amides is 1. The van der Waals surface area contributed by atoms with Gasteiger partial charge in [-0.3, -0.25) is 4.79 Å². The summed E-state index contributed by atoms with van der Waals surface area (Å²) in [6, 6.07) is 8.45. The van der Waals surface area contributed by atoms with E-state index in [1.807, 2.05) is 24.4 Å². The number of aromatic nitrogens is 3. The summed E-state index contributed by atoms with van der Waals surface area (Å²) in [7, 11) is 0. The molecule has 2 aliphatic rings. The van der Waals surface area contributed by atoms with Crippen LogP contribution in [0.2, 0.25) is 5.02 Å². The lowest BCUT2D eigenvalue weighted by atomic mass is 9.91. The number of para-hydroxylation sites is 1. The number of nitrogens with one attached hydrogen (secondary N) is 4. The van der Waals surface area contributed by atoms with Crippen LogP contribution < -0.4 is 16.0 Å². The molecule has 1 aliphatic heterocycles. The number of benzene rings is 1. The Morgan fingerprint density at radius 3 is 2.87 bits per heavy atom. The van der Waals surface area contributed by atoms with Gasteiger partial charge in [-0.2, -0.15) is 0 Å². The standard InChI is InChI=1S/C23H27ClN6O/c24-18-13-27-23(30-21(18)17-12-26-19-8-2-1-7-16(17)19)29-15-6-3-5-14(11-15)28-22(31)20-9-4-10-25-20/h1-2,7-8,12-15,20,25-26H,3-6,9-11H2,(H,28,31)(H,27,29,30)/t14-,15-,20-/m0/s1. The normalized spacial score (nSPS) is 23.7. The van der Waals surface area contributed by atoms with Crippen LogP contribution in [0.4, 0.5) is 5.95 Å². The minimum Gasteiger partial charge on any atom is -0.360 e. The molecule has 3 atom stereocenters. The number of halogens is 1. The van der Waals surface area contributed by atoms with Crippen molar-refractivity contribution in [1.29, 1.82) is 0 Å². The number of nitrogens with zero attached hydrogens (tertiary/aromatic N) is 2. The highest BCUT2D eigenvalue weighted by Gasteiger charge is 2.28. The Labute approximate surface area is 186 Å². The number of fused-ring (bicyclic) bond motifs is 1. The van der Waals surface area contributed by atoms with E-state index in [1.165, 1.54) is 0 Å². The van der Waals surface area contributed by atoms with E-state index in [1.54, 1.807) is 6.20 Å². The zero-order valence-corrected chi connectivity index (χ0v) is 18.1. The Hall–Kier alpha value is -2.64. The highest BCUT2D eigenvalue weighted by molar-refractivity contribution is 6.33. The molecule has 1 amide bonds. The number of anilines is 1. The number of carbonyl (C=O) groups is 1. The molecule has 5 rings (SSSR count). The number of carbonyl (C=O) groups excluding carboxylic acids is 1. The molecule has 162 valence electrons. The highest BCUT2D eigenvalue weighted by atomic mass is 35.5. The Bertz CT molecular complexity index is 1080. The van der Waals surface area contributed by atoms with Crippen molar-refractivity contribution < 1.29 is 4.79 Å². The van der Waals surface area contributed by atoms with Crippen LogP contribution in [0, 0.1) is 0 Å². The molecule has 31 heavy (non-hydrogen) atoms. The molecular formula is C23H27ClN6O. The first-order valence-corrected chi connectivity index (χ1v) is 11.4. The molecule has 2 fully saturated rings. The Morgan fingerprint density at radius 2 is 2.00 bits per heavy atom. The lowest BCUT2D eigenvalue weighted by Crippen LogP contribution is -2.48. The summed E-state index contributed by atoms with van der Waals surface area (Å²) in [6.07, 6.45) is 9.56. The summed E-state index contributed by atoms with van der Waals surface area (Å²) >= 11 is 6.45. The maximum atomic E-state index is 12.5. The van der Waals surface area contributed by atoms with E-state index >= 15 is 0 Å². The first-order chi connectivity index (χ1) is 15.2. The lowest BCUT2D eigenvalue weighted by molar-refractivity contribution is -0.123.